The summed E-state index contributed by atoms with van der Waals surface area (Å²) < 4.78 is 0.637. The Kier molecular flexibility index (Phi) is 4.73. The lowest BCUT2D eigenvalue weighted by atomic mass is 9.99. The van der Waals surface area contributed by atoms with Gasteiger partial charge in [-0.15, -0.1) is 0 Å². The highest BCUT2D eigenvalue weighted by Crippen LogP contribution is 2.25. The van der Waals surface area contributed by atoms with Gasteiger partial charge < -0.3 is 5.73 Å². The van der Waals surface area contributed by atoms with E-state index in [1.165, 1.54) is 6.20 Å². The summed E-state index contributed by atoms with van der Waals surface area (Å²) in [6, 6.07) is 5.65. The van der Waals surface area contributed by atoms with Crippen LogP contribution in [0.15, 0.2) is 27.8 Å². The second kappa shape index (κ2) is 5.85. The Morgan fingerprint density at radius 2 is 2.24 bits per heavy atom. The minimum absolute atomic E-state index is 0.511. The van der Waals surface area contributed by atoms with Crippen molar-refractivity contribution in [2.24, 2.45) is 10.7 Å². The maximum atomic E-state index is 9.19. The largest absolute Gasteiger partial charge is 0.404 e. The van der Waals surface area contributed by atoms with E-state index < -0.39 is 0 Å². The van der Waals surface area contributed by atoms with Gasteiger partial charge in [-0.25, -0.2) is 0 Å². The van der Waals surface area contributed by atoms with E-state index in [4.69, 9.17) is 17.3 Å². The zero-order chi connectivity index (χ0) is 13.0. The highest BCUT2D eigenvalue weighted by atomic mass is 79.9. The van der Waals surface area contributed by atoms with Crippen molar-refractivity contribution in [3.8, 4) is 6.07 Å². The molecule has 0 atom stereocenters. The van der Waals surface area contributed by atoms with Gasteiger partial charge in [0.2, 0.25) is 0 Å². The van der Waals surface area contributed by atoms with E-state index in [9.17, 15) is 5.26 Å². The zero-order valence-electron chi connectivity index (χ0n) is 9.46. The molecule has 0 aliphatic carbocycles. The van der Waals surface area contributed by atoms with E-state index in [0.717, 1.165) is 5.56 Å². The molecule has 1 aromatic rings. The first-order chi connectivity index (χ1) is 8.06. The number of nitrogens with two attached hydrogens (primary N) is 1. The van der Waals surface area contributed by atoms with Crippen molar-refractivity contribution in [1.82, 2.24) is 0 Å². The molecule has 0 fully saturated rings. The Bertz CT molecular complexity index is 541. The lowest BCUT2D eigenvalue weighted by Gasteiger charge is -2.10. The van der Waals surface area contributed by atoms with Crippen molar-refractivity contribution in [3.05, 3.63) is 44.5 Å². The van der Waals surface area contributed by atoms with Gasteiger partial charge in [0.15, 0.2) is 0 Å². The van der Waals surface area contributed by atoms with Crippen LogP contribution in [0.25, 0.3) is 0 Å². The number of rotatable bonds is 2. The van der Waals surface area contributed by atoms with Crippen LogP contribution in [-0.4, -0.2) is 12.8 Å². The summed E-state index contributed by atoms with van der Waals surface area (Å²) in [6.45, 7) is 1.80. The number of halogens is 2. The molecule has 1 rings (SSSR count). The van der Waals surface area contributed by atoms with Gasteiger partial charge in [0.1, 0.15) is 6.07 Å². The smallest absolute Gasteiger partial charge is 0.100 e. The molecule has 0 radical (unpaired) electrons. The number of hydrogen-bond donors (Lipinski definition) is 1. The van der Waals surface area contributed by atoms with Crippen LogP contribution >= 0.6 is 27.5 Å². The Balaban J connectivity index is 3.53. The van der Waals surface area contributed by atoms with Gasteiger partial charge in [-0.2, -0.15) is 5.26 Å². The molecule has 3 nitrogen and oxygen atoms in total. The number of allylic oxidation sites excluding steroid dienone is 1. The molecule has 0 bridgehead atoms. The summed E-state index contributed by atoms with van der Waals surface area (Å²) in [4.78, 5) is 4.14. The molecule has 0 aliphatic rings. The van der Waals surface area contributed by atoms with Gasteiger partial charge in [-0.05, 0) is 40.5 Å². The summed E-state index contributed by atoms with van der Waals surface area (Å²) >= 11 is 9.29. The molecule has 0 spiro atoms. The summed E-state index contributed by atoms with van der Waals surface area (Å²) in [5.74, 6) is 0. The first-order valence-electron chi connectivity index (χ1n) is 4.81. The SMILES string of the molecule is CN=C(C(Br)=CN)c1ccc(Cl)c(C)c1C#N. The van der Waals surface area contributed by atoms with E-state index in [-0.39, 0.29) is 0 Å². The Morgan fingerprint density at radius 1 is 1.59 bits per heavy atom. The fraction of sp³-hybridized carbons (Fsp3) is 0.167. The number of aliphatic imine (C=N–C) groups is 1. The lowest BCUT2D eigenvalue weighted by Crippen LogP contribution is -2.06. The topological polar surface area (TPSA) is 62.2 Å². The fourth-order valence-corrected chi connectivity index (χ4v) is 2.01. The molecule has 0 heterocycles. The molecule has 0 saturated carbocycles. The minimum Gasteiger partial charge on any atom is -0.404 e. The van der Waals surface area contributed by atoms with E-state index >= 15 is 0 Å². The summed E-state index contributed by atoms with van der Waals surface area (Å²) in [5, 5.41) is 9.76. The molecule has 0 unspecified atom stereocenters. The molecule has 17 heavy (non-hydrogen) atoms. The molecular formula is C12H11BrClN3. The number of nitrogens with zero attached hydrogens (tertiary/aromatic N) is 2. The third-order valence-corrected chi connectivity index (χ3v) is 3.41. The van der Waals surface area contributed by atoms with E-state index in [2.05, 4.69) is 27.0 Å². The van der Waals surface area contributed by atoms with Crippen molar-refractivity contribution >= 4 is 33.2 Å². The Morgan fingerprint density at radius 3 is 2.71 bits per heavy atom. The molecule has 0 aromatic heterocycles. The molecular weight excluding hydrogens is 302 g/mol. The Hall–Kier alpha value is -1.31. The lowest BCUT2D eigenvalue weighted by molar-refractivity contribution is 1.36. The average molecular weight is 313 g/mol. The normalized spacial score (nSPS) is 12.4. The van der Waals surface area contributed by atoms with Crippen LogP contribution in [0.1, 0.15) is 16.7 Å². The standard InChI is InChI=1S/C12H11BrClN3/c1-7-9(5-15)8(3-4-11(7)14)12(17-2)10(13)6-16/h3-4,6H,16H2,1-2H3. The van der Waals surface area contributed by atoms with Gasteiger partial charge in [-0.3, -0.25) is 4.99 Å². The molecule has 0 amide bonds. The summed E-state index contributed by atoms with van der Waals surface area (Å²) in [7, 11) is 1.64. The highest BCUT2D eigenvalue weighted by molar-refractivity contribution is 9.12. The quantitative estimate of drug-likeness (QED) is 0.853. The van der Waals surface area contributed by atoms with Crippen molar-refractivity contribution < 1.29 is 0 Å². The number of hydrogen-bond acceptors (Lipinski definition) is 3. The first-order valence-corrected chi connectivity index (χ1v) is 5.98. The fourth-order valence-electron chi connectivity index (χ4n) is 1.46. The van der Waals surface area contributed by atoms with E-state index in [0.29, 0.717) is 26.3 Å². The predicted octanol–water partition coefficient (Wildman–Crippen LogP) is 3.13. The zero-order valence-corrected chi connectivity index (χ0v) is 11.8. The van der Waals surface area contributed by atoms with Crippen molar-refractivity contribution in [2.75, 3.05) is 7.05 Å². The summed E-state index contributed by atoms with van der Waals surface area (Å²) in [6.07, 6.45) is 1.40. The van der Waals surface area contributed by atoms with E-state index in [1.54, 1.807) is 26.1 Å². The average Bonchev–Trinajstić information content (AvgIpc) is 2.34. The second-order valence-electron chi connectivity index (χ2n) is 3.29. The summed E-state index contributed by atoms with van der Waals surface area (Å²) in [5.41, 5.74) is 8.04. The Labute approximate surface area is 114 Å². The van der Waals surface area contributed by atoms with Crippen molar-refractivity contribution in [1.29, 1.82) is 5.26 Å². The monoisotopic (exact) mass is 311 g/mol. The molecule has 2 N–H and O–H groups in total. The molecule has 0 saturated heterocycles. The number of benzene rings is 1. The molecule has 88 valence electrons. The molecule has 5 heteroatoms. The van der Waals surface area contributed by atoms with Crippen LogP contribution in [0.2, 0.25) is 5.02 Å². The third-order valence-electron chi connectivity index (χ3n) is 2.36. The van der Waals surface area contributed by atoms with Crippen molar-refractivity contribution in [3.63, 3.8) is 0 Å². The minimum atomic E-state index is 0.511. The highest BCUT2D eigenvalue weighted by Gasteiger charge is 2.15. The van der Waals surface area contributed by atoms with Crippen LogP contribution in [0.3, 0.4) is 0 Å². The van der Waals surface area contributed by atoms with Gasteiger partial charge in [0, 0.05) is 23.8 Å². The first kappa shape index (κ1) is 13.8. The van der Waals surface area contributed by atoms with Gasteiger partial charge >= 0.3 is 0 Å². The van der Waals surface area contributed by atoms with Gasteiger partial charge in [0.25, 0.3) is 0 Å². The van der Waals surface area contributed by atoms with Crippen LogP contribution in [0.4, 0.5) is 0 Å². The molecule has 1 aromatic carbocycles. The number of nitriles is 1. The van der Waals surface area contributed by atoms with Crippen LogP contribution in [0.5, 0.6) is 0 Å². The van der Waals surface area contributed by atoms with Crippen LogP contribution in [0, 0.1) is 18.3 Å². The maximum Gasteiger partial charge on any atom is 0.100 e. The third kappa shape index (κ3) is 2.68. The molecule has 0 aliphatic heterocycles. The van der Waals surface area contributed by atoms with Crippen LogP contribution in [-0.2, 0) is 0 Å². The van der Waals surface area contributed by atoms with Gasteiger partial charge in [0.05, 0.1) is 15.8 Å². The van der Waals surface area contributed by atoms with Crippen molar-refractivity contribution in [2.45, 2.75) is 6.92 Å². The van der Waals surface area contributed by atoms with E-state index in [1.807, 2.05) is 0 Å². The second-order valence-corrected chi connectivity index (χ2v) is 4.56. The maximum absolute atomic E-state index is 9.19. The van der Waals surface area contributed by atoms with Crippen LogP contribution < -0.4 is 5.73 Å². The predicted molar refractivity (Wildman–Crippen MR) is 74.6 cm³/mol. The van der Waals surface area contributed by atoms with Gasteiger partial charge in [-0.1, -0.05) is 11.6 Å².